The second kappa shape index (κ2) is 13.5. The van der Waals surface area contributed by atoms with Gasteiger partial charge in [-0.2, -0.15) is 0 Å². The molecule has 0 radical (unpaired) electrons. The minimum atomic E-state index is -0.844. The van der Waals surface area contributed by atoms with Crippen molar-refractivity contribution in [3.63, 3.8) is 0 Å². The fourth-order valence-corrected chi connectivity index (χ4v) is 5.05. The lowest BCUT2D eigenvalue weighted by Crippen LogP contribution is -2.32. The van der Waals surface area contributed by atoms with Gasteiger partial charge in [0, 0.05) is 31.4 Å². The molecule has 9 nitrogen and oxygen atoms in total. The van der Waals surface area contributed by atoms with Crippen molar-refractivity contribution < 1.29 is 29.3 Å². The van der Waals surface area contributed by atoms with Crippen LogP contribution in [-0.4, -0.2) is 37.7 Å². The van der Waals surface area contributed by atoms with Crippen LogP contribution in [0.5, 0.6) is 0 Å². The number of aromatic nitrogens is 2. The summed E-state index contributed by atoms with van der Waals surface area (Å²) in [5.74, 6) is -0.938. The van der Waals surface area contributed by atoms with Crippen LogP contribution in [0, 0.1) is 0 Å². The highest BCUT2D eigenvalue weighted by Crippen LogP contribution is 2.38. The van der Waals surface area contributed by atoms with E-state index in [1.165, 1.54) is 0 Å². The quantitative estimate of drug-likeness (QED) is 0.209. The molecule has 1 amide bonds. The van der Waals surface area contributed by atoms with Crippen molar-refractivity contribution in [1.82, 2.24) is 14.9 Å². The molecule has 3 aromatic carbocycles. The lowest BCUT2D eigenvalue weighted by Gasteiger charge is -2.36. The van der Waals surface area contributed by atoms with Crippen LogP contribution in [-0.2, 0) is 38.8 Å². The van der Waals surface area contributed by atoms with Gasteiger partial charge < -0.3 is 29.6 Å². The number of aliphatic hydroxyl groups is 1. The summed E-state index contributed by atoms with van der Waals surface area (Å²) in [6.45, 7) is 1.01. The largest absolute Gasteiger partial charge is 0.481 e. The molecule has 1 saturated heterocycles. The molecule has 1 aromatic heterocycles. The van der Waals surface area contributed by atoms with Crippen molar-refractivity contribution in [3.05, 3.63) is 101 Å². The van der Waals surface area contributed by atoms with Gasteiger partial charge in [-0.1, -0.05) is 60.7 Å². The Kier molecular flexibility index (Phi) is 9.40. The van der Waals surface area contributed by atoms with Crippen molar-refractivity contribution in [2.75, 3.05) is 0 Å². The van der Waals surface area contributed by atoms with Gasteiger partial charge in [0.05, 0.1) is 42.7 Å². The fourth-order valence-electron chi connectivity index (χ4n) is 5.05. The SMILES string of the molecule is O=C(O)CCCCC(=O)NCc1ccc(C2OC(Cn3cnc4ccccc43)CC(c3ccc(CO)cc3)O2)cc1. The van der Waals surface area contributed by atoms with E-state index in [1.807, 2.05) is 73.1 Å². The normalized spacial score (nSPS) is 18.8. The molecule has 0 bridgehead atoms. The molecule has 0 saturated carbocycles. The van der Waals surface area contributed by atoms with Crippen LogP contribution in [0.3, 0.4) is 0 Å². The average molecular weight is 558 g/mol. The summed E-state index contributed by atoms with van der Waals surface area (Å²) in [6, 6.07) is 23.7. The highest BCUT2D eigenvalue weighted by molar-refractivity contribution is 5.76. The Morgan fingerprint density at radius 1 is 0.902 bits per heavy atom. The van der Waals surface area contributed by atoms with Gasteiger partial charge in [0.25, 0.3) is 0 Å². The maximum Gasteiger partial charge on any atom is 0.303 e. The van der Waals surface area contributed by atoms with E-state index in [4.69, 9.17) is 14.6 Å². The molecule has 41 heavy (non-hydrogen) atoms. The van der Waals surface area contributed by atoms with Gasteiger partial charge in [0.2, 0.25) is 5.91 Å². The molecule has 5 rings (SSSR count). The number of carbonyl (C=O) groups is 2. The smallest absolute Gasteiger partial charge is 0.303 e. The highest BCUT2D eigenvalue weighted by atomic mass is 16.7. The van der Waals surface area contributed by atoms with Gasteiger partial charge >= 0.3 is 5.97 Å². The number of hydrogen-bond acceptors (Lipinski definition) is 6. The molecule has 3 atom stereocenters. The summed E-state index contributed by atoms with van der Waals surface area (Å²) >= 11 is 0. The Bertz CT molecular complexity index is 1450. The lowest BCUT2D eigenvalue weighted by molar-refractivity contribution is -0.252. The minimum Gasteiger partial charge on any atom is -0.481 e. The van der Waals surface area contributed by atoms with E-state index in [0.29, 0.717) is 38.8 Å². The van der Waals surface area contributed by atoms with E-state index in [9.17, 15) is 14.7 Å². The molecular weight excluding hydrogens is 522 g/mol. The Balaban J connectivity index is 1.26. The van der Waals surface area contributed by atoms with Crippen LogP contribution in [0.4, 0.5) is 0 Å². The number of ether oxygens (including phenoxy) is 2. The molecular formula is C32H35N3O6. The van der Waals surface area contributed by atoms with E-state index < -0.39 is 12.3 Å². The number of hydrogen-bond donors (Lipinski definition) is 3. The number of aliphatic carboxylic acids is 1. The first-order valence-corrected chi connectivity index (χ1v) is 14.0. The van der Waals surface area contributed by atoms with Crippen LogP contribution >= 0.6 is 0 Å². The van der Waals surface area contributed by atoms with Gasteiger partial charge in [0.1, 0.15) is 0 Å². The topological polar surface area (TPSA) is 123 Å². The van der Waals surface area contributed by atoms with Gasteiger partial charge in [-0.05, 0) is 41.7 Å². The first-order valence-electron chi connectivity index (χ1n) is 14.0. The monoisotopic (exact) mass is 557 g/mol. The Hall–Kier alpha value is -4.05. The lowest BCUT2D eigenvalue weighted by atomic mass is 9.99. The standard InChI is InChI=1S/C32H35N3O6/c36-20-23-11-13-24(14-12-23)29-17-26(19-35-21-34-27-5-1-2-6-28(27)35)40-32(41-29)25-15-9-22(10-16-25)18-33-30(37)7-3-4-8-31(38)39/h1-2,5-6,9-16,21,26,29,32,36H,3-4,7-8,17-20H2,(H,33,37)(H,38,39). The summed E-state index contributed by atoms with van der Waals surface area (Å²) in [7, 11) is 0. The molecule has 1 fully saturated rings. The molecule has 214 valence electrons. The predicted octanol–water partition coefficient (Wildman–Crippen LogP) is 5.04. The van der Waals surface area contributed by atoms with Crippen molar-refractivity contribution in [1.29, 1.82) is 0 Å². The number of carboxylic acid groups (broad SMARTS) is 1. The number of nitrogens with one attached hydrogen (secondary N) is 1. The summed E-state index contributed by atoms with van der Waals surface area (Å²) in [5.41, 5.74) is 5.69. The maximum atomic E-state index is 12.1. The van der Waals surface area contributed by atoms with Crippen molar-refractivity contribution in [3.8, 4) is 0 Å². The van der Waals surface area contributed by atoms with Gasteiger partial charge in [-0.25, -0.2) is 4.98 Å². The highest BCUT2D eigenvalue weighted by Gasteiger charge is 2.32. The number of nitrogens with zero attached hydrogens (tertiary/aromatic N) is 2. The Morgan fingerprint density at radius 3 is 2.37 bits per heavy atom. The first-order chi connectivity index (χ1) is 20.0. The number of carbonyl (C=O) groups excluding carboxylic acids is 1. The summed E-state index contributed by atoms with van der Waals surface area (Å²) in [6.07, 6.45) is 3.03. The van der Waals surface area contributed by atoms with Crippen molar-refractivity contribution >= 4 is 22.9 Å². The van der Waals surface area contributed by atoms with Crippen LogP contribution in [0.1, 0.15) is 66.8 Å². The zero-order valence-electron chi connectivity index (χ0n) is 22.8. The van der Waals surface area contributed by atoms with E-state index in [2.05, 4.69) is 20.9 Å². The number of benzene rings is 3. The third-order valence-corrected chi connectivity index (χ3v) is 7.33. The van der Waals surface area contributed by atoms with E-state index in [0.717, 1.165) is 33.3 Å². The minimum absolute atomic E-state index is 0.00854. The number of para-hydroxylation sites is 2. The first kappa shape index (κ1) is 28.5. The number of unbranched alkanes of at least 4 members (excludes halogenated alkanes) is 1. The number of aliphatic hydroxyl groups excluding tert-OH is 1. The zero-order valence-corrected chi connectivity index (χ0v) is 22.8. The molecule has 0 spiro atoms. The fraction of sp³-hybridized carbons (Fsp3) is 0.344. The van der Waals surface area contributed by atoms with E-state index >= 15 is 0 Å². The molecule has 2 heterocycles. The number of imidazole rings is 1. The number of rotatable bonds is 12. The Labute approximate surface area is 238 Å². The summed E-state index contributed by atoms with van der Waals surface area (Å²) < 4.78 is 15.0. The van der Waals surface area contributed by atoms with E-state index in [-0.39, 0.29) is 31.1 Å². The van der Waals surface area contributed by atoms with Gasteiger partial charge in [0.15, 0.2) is 6.29 Å². The number of fused-ring (bicyclic) bond motifs is 1. The predicted molar refractivity (Wildman–Crippen MR) is 153 cm³/mol. The van der Waals surface area contributed by atoms with Crippen LogP contribution in [0.25, 0.3) is 11.0 Å². The Morgan fingerprint density at radius 2 is 1.61 bits per heavy atom. The second-order valence-corrected chi connectivity index (χ2v) is 10.4. The molecule has 3 N–H and O–H groups in total. The zero-order chi connectivity index (χ0) is 28.6. The van der Waals surface area contributed by atoms with Crippen molar-refractivity contribution in [2.24, 2.45) is 0 Å². The second-order valence-electron chi connectivity index (χ2n) is 10.4. The van der Waals surface area contributed by atoms with Crippen LogP contribution in [0.2, 0.25) is 0 Å². The molecule has 3 unspecified atom stereocenters. The number of carboxylic acids is 1. The molecule has 1 aliphatic rings. The summed E-state index contributed by atoms with van der Waals surface area (Å²) in [5, 5.41) is 21.1. The maximum absolute atomic E-state index is 12.1. The number of amides is 1. The molecule has 9 heteroatoms. The van der Waals surface area contributed by atoms with Crippen LogP contribution < -0.4 is 5.32 Å². The van der Waals surface area contributed by atoms with Gasteiger partial charge in [-0.15, -0.1) is 0 Å². The molecule has 0 aliphatic carbocycles. The average Bonchev–Trinajstić information content (AvgIpc) is 3.41. The van der Waals surface area contributed by atoms with E-state index in [1.54, 1.807) is 0 Å². The van der Waals surface area contributed by atoms with Crippen LogP contribution in [0.15, 0.2) is 79.1 Å². The third-order valence-electron chi connectivity index (χ3n) is 7.33. The molecule has 4 aromatic rings. The summed E-state index contributed by atoms with van der Waals surface area (Å²) in [4.78, 5) is 27.3. The van der Waals surface area contributed by atoms with Crippen molar-refractivity contribution in [2.45, 2.75) is 70.3 Å². The molecule has 1 aliphatic heterocycles. The van der Waals surface area contributed by atoms with Gasteiger partial charge in [-0.3, -0.25) is 9.59 Å². The third kappa shape index (κ3) is 7.58.